The molecule has 1 fully saturated rings. The molecule has 1 saturated heterocycles. The van der Waals surface area contributed by atoms with Crippen LogP contribution in [0, 0.1) is 5.82 Å². The van der Waals surface area contributed by atoms with Crippen molar-refractivity contribution in [1.82, 2.24) is 14.2 Å². The van der Waals surface area contributed by atoms with Crippen molar-refractivity contribution in [3.05, 3.63) is 83.3 Å². The van der Waals surface area contributed by atoms with Gasteiger partial charge in [0.15, 0.2) is 0 Å². The van der Waals surface area contributed by atoms with Gasteiger partial charge in [-0.2, -0.15) is 4.31 Å². The fourth-order valence-corrected chi connectivity index (χ4v) is 7.95. The smallest absolute Gasteiger partial charge is 0.243 e. The third-order valence-electron chi connectivity index (χ3n) is 8.21. The summed E-state index contributed by atoms with van der Waals surface area (Å²) in [6, 6.07) is 16.2. The minimum atomic E-state index is -3.90. The Morgan fingerprint density at radius 3 is 2.29 bits per heavy atom. The molecule has 9 nitrogen and oxygen atoms in total. The van der Waals surface area contributed by atoms with E-state index in [4.69, 9.17) is 14.2 Å². The number of sulfonamides is 1. The Bertz CT molecular complexity index is 1690. The highest BCUT2D eigenvalue weighted by molar-refractivity contribution is 7.89. The van der Waals surface area contributed by atoms with Crippen LogP contribution in [0.2, 0.25) is 0 Å². The van der Waals surface area contributed by atoms with Crippen LogP contribution in [-0.2, 0) is 22.0 Å². The fraction of sp³-hybridized carbons (Fsp3) is 0.333. The van der Waals surface area contributed by atoms with Crippen LogP contribution in [0.3, 0.4) is 0 Å². The van der Waals surface area contributed by atoms with Crippen LogP contribution >= 0.6 is 0 Å². The van der Waals surface area contributed by atoms with Gasteiger partial charge < -0.3 is 24.3 Å². The molecule has 6 rings (SSSR count). The molecule has 0 unspecified atom stereocenters. The lowest BCUT2D eigenvalue weighted by Gasteiger charge is -2.55. The molecule has 2 aliphatic heterocycles. The van der Waals surface area contributed by atoms with E-state index in [2.05, 4.69) is 9.88 Å². The molecule has 41 heavy (non-hydrogen) atoms. The second-order valence-corrected chi connectivity index (χ2v) is 12.6. The van der Waals surface area contributed by atoms with E-state index in [1.807, 2.05) is 30.3 Å². The van der Waals surface area contributed by atoms with Crippen molar-refractivity contribution >= 4 is 20.9 Å². The standard InChI is InChI=1S/C30H32FN3O6S/c1-38-21-7-8-25-26(13-21)32-29-27(15-35)33(14-19-9-22(39-2)12-23(10-19)40-3)16-30(28(25)29)17-34(18-30)41(36,37)24-6-4-5-20(31)11-24/h4-13,27,32,35H,14-18H2,1-3H3/t27-/m0/s1. The highest BCUT2D eigenvalue weighted by Gasteiger charge is 2.55. The van der Waals surface area contributed by atoms with Gasteiger partial charge in [-0.3, -0.25) is 4.90 Å². The number of hydrogen-bond donors (Lipinski definition) is 2. The number of aliphatic hydroxyl groups excluding tert-OH is 1. The van der Waals surface area contributed by atoms with Gasteiger partial charge in [-0.15, -0.1) is 0 Å². The Kier molecular flexibility index (Phi) is 6.93. The minimum absolute atomic E-state index is 0.0689. The first-order valence-corrected chi connectivity index (χ1v) is 14.7. The Hall–Kier alpha value is -3.64. The minimum Gasteiger partial charge on any atom is -0.497 e. The van der Waals surface area contributed by atoms with E-state index < -0.39 is 21.3 Å². The normalized spacial score (nSPS) is 18.7. The lowest BCUT2D eigenvalue weighted by atomic mass is 9.70. The molecular weight excluding hydrogens is 549 g/mol. The molecule has 11 heteroatoms. The van der Waals surface area contributed by atoms with E-state index in [0.717, 1.165) is 33.8 Å². The number of rotatable bonds is 8. The van der Waals surface area contributed by atoms with Gasteiger partial charge in [-0.25, -0.2) is 12.8 Å². The Morgan fingerprint density at radius 1 is 0.951 bits per heavy atom. The molecule has 0 aliphatic carbocycles. The topological polar surface area (TPSA) is 104 Å². The number of benzene rings is 3. The lowest BCUT2D eigenvalue weighted by Crippen LogP contribution is -2.67. The molecule has 2 N–H and O–H groups in total. The number of aromatic nitrogens is 1. The molecule has 216 valence electrons. The van der Waals surface area contributed by atoms with Crippen LogP contribution in [0.5, 0.6) is 17.2 Å². The molecule has 4 aromatic rings. The van der Waals surface area contributed by atoms with E-state index in [1.54, 1.807) is 27.4 Å². The second-order valence-electron chi connectivity index (χ2n) is 10.7. The molecule has 2 aliphatic rings. The van der Waals surface area contributed by atoms with Gasteiger partial charge in [0.05, 0.1) is 38.9 Å². The number of aromatic amines is 1. The molecule has 1 spiro atoms. The van der Waals surface area contributed by atoms with Gasteiger partial charge >= 0.3 is 0 Å². The molecule has 1 aromatic heterocycles. The quantitative estimate of drug-likeness (QED) is 0.326. The van der Waals surface area contributed by atoms with E-state index >= 15 is 0 Å². The zero-order chi connectivity index (χ0) is 28.9. The Labute approximate surface area is 238 Å². The SMILES string of the molecule is COc1cc(CN2CC3(CN(S(=O)(=O)c4cccc(F)c4)C3)c3c([nH]c4cc(OC)ccc34)[C@@H]2CO)cc(OC)c1. The summed E-state index contributed by atoms with van der Waals surface area (Å²) in [5.41, 5.74) is 3.07. The van der Waals surface area contributed by atoms with Crippen molar-refractivity contribution in [2.45, 2.75) is 22.9 Å². The van der Waals surface area contributed by atoms with Crippen molar-refractivity contribution < 1.29 is 32.1 Å². The lowest BCUT2D eigenvalue weighted by molar-refractivity contribution is 0.0257. The van der Waals surface area contributed by atoms with Gasteiger partial charge in [0, 0.05) is 60.3 Å². The predicted molar refractivity (Wildman–Crippen MR) is 151 cm³/mol. The zero-order valence-corrected chi connectivity index (χ0v) is 23.9. The van der Waals surface area contributed by atoms with Gasteiger partial charge in [-0.1, -0.05) is 6.07 Å². The summed E-state index contributed by atoms with van der Waals surface area (Å²) in [4.78, 5) is 5.61. The number of fused-ring (bicyclic) bond motifs is 4. The van der Waals surface area contributed by atoms with Crippen molar-refractivity contribution in [2.24, 2.45) is 0 Å². The summed E-state index contributed by atoms with van der Waals surface area (Å²) in [7, 11) is 0.894. The number of nitrogens with zero attached hydrogens (tertiary/aromatic N) is 2. The molecule has 0 radical (unpaired) electrons. The summed E-state index contributed by atoms with van der Waals surface area (Å²) in [6.45, 7) is 1.26. The maximum absolute atomic E-state index is 13.9. The highest BCUT2D eigenvalue weighted by Crippen LogP contribution is 2.50. The predicted octanol–water partition coefficient (Wildman–Crippen LogP) is 3.82. The zero-order valence-electron chi connectivity index (χ0n) is 23.1. The third-order valence-corrected chi connectivity index (χ3v) is 9.99. The van der Waals surface area contributed by atoms with Crippen molar-refractivity contribution in [3.8, 4) is 17.2 Å². The molecule has 0 amide bonds. The number of hydrogen-bond acceptors (Lipinski definition) is 7. The van der Waals surface area contributed by atoms with Crippen molar-refractivity contribution in [2.75, 3.05) is 47.6 Å². The average molecular weight is 582 g/mol. The molecule has 3 aromatic carbocycles. The van der Waals surface area contributed by atoms with E-state index in [1.165, 1.54) is 22.5 Å². The largest absolute Gasteiger partial charge is 0.497 e. The first-order valence-electron chi connectivity index (χ1n) is 13.2. The summed E-state index contributed by atoms with van der Waals surface area (Å²) < 4.78 is 58.7. The summed E-state index contributed by atoms with van der Waals surface area (Å²) in [5, 5.41) is 11.6. The average Bonchev–Trinajstić information content (AvgIpc) is 3.34. The molecule has 0 bridgehead atoms. The molecule has 1 atom stereocenters. The number of aliphatic hydroxyl groups is 1. The van der Waals surface area contributed by atoms with Crippen LogP contribution in [0.15, 0.2) is 65.6 Å². The maximum atomic E-state index is 13.9. The van der Waals surface area contributed by atoms with Gasteiger partial charge in [0.2, 0.25) is 10.0 Å². The van der Waals surface area contributed by atoms with E-state index in [0.29, 0.717) is 30.3 Å². The molecule has 0 saturated carbocycles. The summed E-state index contributed by atoms with van der Waals surface area (Å²) in [6.07, 6.45) is 0. The Balaban J connectivity index is 1.43. The maximum Gasteiger partial charge on any atom is 0.243 e. The molecule has 3 heterocycles. The molecular formula is C30H32FN3O6S. The second kappa shape index (κ2) is 10.3. The summed E-state index contributed by atoms with van der Waals surface area (Å²) >= 11 is 0. The fourth-order valence-electron chi connectivity index (χ4n) is 6.30. The number of nitrogens with one attached hydrogen (secondary N) is 1. The van der Waals surface area contributed by atoms with Crippen LogP contribution < -0.4 is 14.2 Å². The number of methoxy groups -OCH3 is 3. The van der Waals surface area contributed by atoms with Crippen LogP contribution in [0.25, 0.3) is 10.9 Å². The number of H-pyrrole nitrogens is 1. The third kappa shape index (κ3) is 4.62. The first kappa shape index (κ1) is 27.5. The van der Waals surface area contributed by atoms with Crippen molar-refractivity contribution in [3.63, 3.8) is 0 Å². The van der Waals surface area contributed by atoms with Crippen LogP contribution in [0.4, 0.5) is 4.39 Å². The van der Waals surface area contributed by atoms with E-state index in [-0.39, 0.29) is 30.6 Å². The highest BCUT2D eigenvalue weighted by atomic mass is 32.2. The van der Waals surface area contributed by atoms with Gasteiger partial charge in [0.25, 0.3) is 0 Å². The Morgan fingerprint density at radius 2 is 1.66 bits per heavy atom. The van der Waals surface area contributed by atoms with Crippen LogP contribution in [-0.4, -0.2) is 75.3 Å². The van der Waals surface area contributed by atoms with Crippen LogP contribution in [0.1, 0.15) is 22.9 Å². The summed E-state index contributed by atoms with van der Waals surface area (Å²) in [5.74, 6) is 1.40. The monoisotopic (exact) mass is 581 g/mol. The van der Waals surface area contributed by atoms with Gasteiger partial charge in [-0.05, 0) is 53.6 Å². The first-order chi connectivity index (χ1) is 19.7. The van der Waals surface area contributed by atoms with Gasteiger partial charge in [0.1, 0.15) is 23.1 Å². The van der Waals surface area contributed by atoms with Crippen molar-refractivity contribution in [1.29, 1.82) is 0 Å². The number of ether oxygens (including phenoxy) is 3. The van der Waals surface area contributed by atoms with E-state index in [9.17, 15) is 17.9 Å². The number of halogens is 1.